The molecule has 1 unspecified atom stereocenters. The van der Waals surface area contributed by atoms with E-state index in [0.29, 0.717) is 5.02 Å². The highest BCUT2D eigenvalue weighted by Gasteiger charge is 2.16. The molecule has 2 N–H and O–H groups in total. The Morgan fingerprint density at radius 3 is 3.00 bits per heavy atom. The minimum absolute atomic E-state index is 0.148. The van der Waals surface area contributed by atoms with Gasteiger partial charge in [-0.1, -0.05) is 24.1 Å². The van der Waals surface area contributed by atoms with Crippen LogP contribution in [0.15, 0.2) is 18.2 Å². The van der Waals surface area contributed by atoms with Crippen LogP contribution >= 0.6 is 11.6 Å². The predicted molar refractivity (Wildman–Crippen MR) is 84.3 cm³/mol. The van der Waals surface area contributed by atoms with E-state index < -0.39 is 0 Å². The van der Waals surface area contributed by atoms with Gasteiger partial charge in [-0.05, 0) is 63.5 Å². The molecule has 1 aliphatic heterocycles. The summed E-state index contributed by atoms with van der Waals surface area (Å²) in [6.07, 6.45) is 5.26. The summed E-state index contributed by atoms with van der Waals surface area (Å²) in [6, 6.07) is 6.12. The van der Waals surface area contributed by atoms with Gasteiger partial charge in [0.25, 0.3) is 0 Å². The van der Waals surface area contributed by atoms with Crippen LogP contribution in [0.2, 0.25) is 5.02 Å². The number of nitrogens with one attached hydrogen (secondary N) is 1. The molecule has 1 fully saturated rings. The summed E-state index contributed by atoms with van der Waals surface area (Å²) >= 11 is 5.89. The number of aromatic hydroxyl groups is 1. The Balaban J connectivity index is 1.62. The fraction of sp³-hybridized carbons (Fsp3) is 0.625. The van der Waals surface area contributed by atoms with E-state index in [0.717, 1.165) is 24.7 Å². The smallest absolute Gasteiger partial charge is 0.134 e. The van der Waals surface area contributed by atoms with Crippen LogP contribution in [0.25, 0.3) is 0 Å². The van der Waals surface area contributed by atoms with Crippen molar-refractivity contribution in [3.8, 4) is 5.75 Å². The molecule has 0 radical (unpaired) electrons. The second-order valence-corrected chi connectivity index (χ2v) is 6.10. The number of hydrogen-bond acceptors (Lipinski definition) is 3. The van der Waals surface area contributed by atoms with Crippen molar-refractivity contribution in [3.05, 3.63) is 28.8 Å². The van der Waals surface area contributed by atoms with Gasteiger partial charge in [-0.15, -0.1) is 0 Å². The maximum Gasteiger partial charge on any atom is 0.134 e. The molecule has 4 heteroatoms. The standard InChI is InChI=1S/C16H25ClN2O/c1-13-5-2-3-9-19(13)10-4-8-18-12-14-6-7-16(20)15(17)11-14/h6-7,11,13,18,20H,2-5,8-10,12H2,1H3. The number of phenols is 1. The number of benzene rings is 1. The number of halogens is 1. The molecule has 0 spiro atoms. The van der Waals surface area contributed by atoms with Crippen LogP contribution in [-0.4, -0.2) is 35.7 Å². The molecule has 0 bridgehead atoms. The van der Waals surface area contributed by atoms with Gasteiger partial charge in [-0.2, -0.15) is 0 Å². The average Bonchev–Trinajstić information content (AvgIpc) is 2.44. The quantitative estimate of drug-likeness (QED) is 0.790. The van der Waals surface area contributed by atoms with Crippen LogP contribution in [0, 0.1) is 0 Å². The van der Waals surface area contributed by atoms with E-state index in [-0.39, 0.29) is 5.75 Å². The van der Waals surface area contributed by atoms with Crippen LogP contribution in [0.4, 0.5) is 0 Å². The van der Waals surface area contributed by atoms with Gasteiger partial charge in [0.05, 0.1) is 5.02 Å². The van der Waals surface area contributed by atoms with E-state index in [4.69, 9.17) is 11.6 Å². The molecule has 1 aliphatic rings. The Bertz CT molecular complexity index is 425. The Morgan fingerprint density at radius 2 is 2.25 bits per heavy atom. The number of likely N-dealkylation sites (tertiary alicyclic amines) is 1. The van der Waals surface area contributed by atoms with Crippen LogP contribution in [0.3, 0.4) is 0 Å². The highest BCUT2D eigenvalue weighted by Crippen LogP contribution is 2.23. The third-order valence-corrected chi connectivity index (χ3v) is 4.38. The van der Waals surface area contributed by atoms with Gasteiger partial charge < -0.3 is 15.3 Å². The van der Waals surface area contributed by atoms with Crippen molar-refractivity contribution in [2.24, 2.45) is 0 Å². The van der Waals surface area contributed by atoms with Crippen molar-refractivity contribution in [2.75, 3.05) is 19.6 Å². The van der Waals surface area contributed by atoms with Gasteiger partial charge in [0.2, 0.25) is 0 Å². The van der Waals surface area contributed by atoms with Crippen LogP contribution in [0.5, 0.6) is 5.75 Å². The summed E-state index contributed by atoms with van der Waals surface area (Å²) in [5.74, 6) is 0.148. The monoisotopic (exact) mass is 296 g/mol. The lowest BCUT2D eigenvalue weighted by Crippen LogP contribution is -2.38. The lowest BCUT2D eigenvalue weighted by atomic mass is 10.0. The van der Waals surface area contributed by atoms with E-state index >= 15 is 0 Å². The lowest BCUT2D eigenvalue weighted by molar-refractivity contribution is 0.159. The van der Waals surface area contributed by atoms with E-state index in [1.54, 1.807) is 6.07 Å². The average molecular weight is 297 g/mol. The second kappa shape index (κ2) is 7.87. The van der Waals surface area contributed by atoms with E-state index in [9.17, 15) is 5.11 Å². The first-order valence-corrected chi connectivity index (χ1v) is 7.97. The summed E-state index contributed by atoms with van der Waals surface area (Å²) in [6.45, 7) is 6.60. The first kappa shape index (κ1) is 15.6. The first-order valence-electron chi connectivity index (χ1n) is 7.59. The minimum Gasteiger partial charge on any atom is -0.506 e. The molecule has 1 aromatic carbocycles. The summed E-state index contributed by atoms with van der Waals surface area (Å²) in [7, 11) is 0. The minimum atomic E-state index is 0.148. The van der Waals surface area contributed by atoms with Crippen molar-refractivity contribution in [2.45, 2.75) is 45.2 Å². The number of hydrogen-bond donors (Lipinski definition) is 2. The van der Waals surface area contributed by atoms with Gasteiger partial charge in [0, 0.05) is 12.6 Å². The maximum atomic E-state index is 9.36. The maximum absolute atomic E-state index is 9.36. The molecule has 0 amide bonds. The van der Waals surface area contributed by atoms with Gasteiger partial charge in [0.15, 0.2) is 0 Å². The van der Waals surface area contributed by atoms with Crippen molar-refractivity contribution in [3.63, 3.8) is 0 Å². The molecular formula is C16H25ClN2O. The number of phenolic OH excluding ortho intramolecular Hbond substituents is 1. The fourth-order valence-electron chi connectivity index (χ4n) is 2.79. The Morgan fingerprint density at radius 1 is 1.40 bits per heavy atom. The van der Waals surface area contributed by atoms with E-state index in [1.165, 1.54) is 38.8 Å². The Hall–Kier alpha value is -0.770. The molecule has 0 aliphatic carbocycles. The predicted octanol–water partition coefficient (Wildman–Crippen LogP) is 3.40. The highest BCUT2D eigenvalue weighted by atomic mass is 35.5. The first-order chi connectivity index (χ1) is 9.66. The van der Waals surface area contributed by atoms with Crippen LogP contribution < -0.4 is 5.32 Å². The van der Waals surface area contributed by atoms with Crippen molar-refractivity contribution < 1.29 is 5.11 Å². The summed E-state index contributed by atoms with van der Waals surface area (Å²) in [4.78, 5) is 2.60. The third kappa shape index (κ3) is 4.65. The molecular weight excluding hydrogens is 272 g/mol. The molecule has 1 aromatic rings. The molecule has 1 heterocycles. The molecule has 0 aromatic heterocycles. The second-order valence-electron chi connectivity index (χ2n) is 5.70. The molecule has 1 saturated heterocycles. The molecule has 2 rings (SSSR count). The number of piperidine rings is 1. The van der Waals surface area contributed by atoms with Crippen molar-refractivity contribution in [1.82, 2.24) is 10.2 Å². The van der Waals surface area contributed by atoms with Gasteiger partial charge in [0.1, 0.15) is 5.75 Å². The normalized spacial score (nSPS) is 20.2. The number of rotatable bonds is 6. The van der Waals surface area contributed by atoms with Gasteiger partial charge >= 0.3 is 0 Å². The molecule has 112 valence electrons. The summed E-state index contributed by atoms with van der Waals surface area (Å²) in [5.41, 5.74) is 1.11. The molecule has 3 nitrogen and oxygen atoms in total. The molecule has 0 saturated carbocycles. The van der Waals surface area contributed by atoms with Crippen molar-refractivity contribution >= 4 is 11.6 Å². The topological polar surface area (TPSA) is 35.5 Å². The van der Waals surface area contributed by atoms with E-state index in [2.05, 4.69) is 17.1 Å². The molecule has 20 heavy (non-hydrogen) atoms. The number of nitrogens with zero attached hydrogens (tertiary/aromatic N) is 1. The third-order valence-electron chi connectivity index (χ3n) is 4.08. The highest BCUT2D eigenvalue weighted by molar-refractivity contribution is 6.32. The zero-order valence-electron chi connectivity index (χ0n) is 12.2. The van der Waals surface area contributed by atoms with Gasteiger partial charge in [-0.3, -0.25) is 0 Å². The largest absolute Gasteiger partial charge is 0.506 e. The zero-order valence-corrected chi connectivity index (χ0v) is 13.0. The Labute approximate surface area is 126 Å². The Kier molecular flexibility index (Phi) is 6.14. The van der Waals surface area contributed by atoms with Gasteiger partial charge in [-0.25, -0.2) is 0 Å². The van der Waals surface area contributed by atoms with E-state index in [1.807, 2.05) is 12.1 Å². The molecule has 1 atom stereocenters. The fourth-order valence-corrected chi connectivity index (χ4v) is 2.99. The zero-order chi connectivity index (χ0) is 14.4. The summed E-state index contributed by atoms with van der Waals surface area (Å²) in [5, 5.41) is 13.2. The van der Waals surface area contributed by atoms with Crippen LogP contribution in [-0.2, 0) is 6.54 Å². The van der Waals surface area contributed by atoms with Crippen molar-refractivity contribution in [1.29, 1.82) is 0 Å². The SMILES string of the molecule is CC1CCCCN1CCCNCc1ccc(O)c(Cl)c1. The van der Waals surface area contributed by atoms with Crippen LogP contribution in [0.1, 0.15) is 38.2 Å². The summed E-state index contributed by atoms with van der Waals surface area (Å²) < 4.78 is 0. The lowest BCUT2D eigenvalue weighted by Gasteiger charge is -2.33.